The maximum atomic E-state index is 14.7. The van der Waals surface area contributed by atoms with Gasteiger partial charge in [0.05, 0.1) is 32.0 Å². The number of amides is 2. The number of rotatable bonds is 8. The van der Waals surface area contributed by atoms with Gasteiger partial charge in [-0.1, -0.05) is 68.5 Å². The Bertz CT molecular complexity index is 2540. The molecule has 3 aliphatic rings. The summed E-state index contributed by atoms with van der Waals surface area (Å²) in [5.41, 5.74) is 8.43. The summed E-state index contributed by atoms with van der Waals surface area (Å²) in [6, 6.07) is 24.1. The molecule has 6 aromatic rings. The van der Waals surface area contributed by atoms with Gasteiger partial charge in [0.1, 0.15) is 11.4 Å². The number of hydrogen-bond acceptors (Lipinski definition) is 5. The van der Waals surface area contributed by atoms with E-state index in [9.17, 15) is 18.8 Å². The number of aromatic nitrogens is 2. The first kappa shape index (κ1) is 36.1. The molecule has 3 N–H and O–H groups in total. The highest BCUT2D eigenvalue weighted by molar-refractivity contribution is 7.21. The van der Waals surface area contributed by atoms with Crippen LogP contribution in [0.2, 0.25) is 0 Å². The van der Waals surface area contributed by atoms with E-state index in [-0.39, 0.29) is 17.6 Å². The number of pyridine rings is 1. The van der Waals surface area contributed by atoms with E-state index < -0.39 is 11.5 Å². The maximum Gasteiger partial charge on any atom is 0.328 e. The Hall–Kier alpha value is -5.61. The van der Waals surface area contributed by atoms with Crippen molar-refractivity contribution in [2.24, 2.45) is 0 Å². The van der Waals surface area contributed by atoms with E-state index in [4.69, 9.17) is 10.1 Å². The van der Waals surface area contributed by atoms with E-state index >= 15 is 0 Å². The van der Waals surface area contributed by atoms with Gasteiger partial charge in [0.15, 0.2) is 0 Å². The molecule has 284 valence electrons. The number of halogens is 1. The number of aryl methyl sites for hydroxylation is 2. The molecule has 2 fully saturated rings. The third kappa shape index (κ3) is 6.59. The minimum Gasteiger partial charge on any atom is -0.478 e. The lowest BCUT2D eigenvalue weighted by Gasteiger charge is -2.29. The quantitative estimate of drug-likeness (QED) is 0.134. The third-order valence-corrected chi connectivity index (χ3v) is 13.2. The van der Waals surface area contributed by atoms with Crippen LogP contribution >= 0.6 is 11.3 Å². The normalized spacial score (nSPS) is 16.8. The molecule has 0 unspecified atom stereocenters. The van der Waals surface area contributed by atoms with Crippen molar-refractivity contribution >= 4 is 62.0 Å². The number of thiophene rings is 1. The van der Waals surface area contributed by atoms with Crippen molar-refractivity contribution in [3.63, 3.8) is 0 Å². The molecule has 8 nitrogen and oxygen atoms in total. The fraction of sp³-hybridized carbons (Fsp3) is 0.304. The van der Waals surface area contributed by atoms with Crippen molar-refractivity contribution in [1.82, 2.24) is 14.9 Å². The lowest BCUT2D eigenvalue weighted by Crippen LogP contribution is -2.54. The van der Waals surface area contributed by atoms with E-state index in [2.05, 4.69) is 33.4 Å². The van der Waals surface area contributed by atoms with Gasteiger partial charge in [-0.25, -0.2) is 14.2 Å². The molecule has 10 heteroatoms. The SMILES string of the molecule is O=C(O)C=Cc1ccc(NC(=O)C2(NC(=O)c3cc4c(s3)c(C3CCCCC3)c3n4CCCc4c-3ccc3nc(-c5ccccc5F)ccc43)CCCC2)cc1. The summed E-state index contributed by atoms with van der Waals surface area (Å²) in [6.45, 7) is 0.824. The van der Waals surface area contributed by atoms with Crippen LogP contribution in [0.4, 0.5) is 10.1 Å². The molecular formula is C46H43FN4O4S. The number of hydrogen-bond donors (Lipinski definition) is 3. The number of carbonyl (C=O) groups is 3. The summed E-state index contributed by atoms with van der Waals surface area (Å²) in [7, 11) is 0. The maximum absolute atomic E-state index is 14.7. The minimum atomic E-state index is -1.03. The Morgan fingerprint density at radius 2 is 1.68 bits per heavy atom. The molecule has 4 heterocycles. The van der Waals surface area contributed by atoms with Gasteiger partial charge in [-0.05, 0) is 110 Å². The summed E-state index contributed by atoms with van der Waals surface area (Å²) in [5, 5.41) is 16.3. The standard InChI is InChI=1S/C46H43FN4O4S/c47-35-13-5-4-11-34(35)37-21-19-32-31-12-8-26-51-38-27-39(56-43(38)41(29-9-2-1-3-10-29)42(51)33(31)20-22-36(32)49-37)44(54)50-46(24-6-7-25-46)45(55)48-30-17-14-28(15-18-30)16-23-40(52)53/h4-5,11,13-23,27,29H,1-3,6-10,12,24-26H2,(H,48,55)(H,50,54)(H,52,53). The topological polar surface area (TPSA) is 113 Å². The molecule has 2 aliphatic carbocycles. The molecule has 1 aliphatic heterocycles. The fourth-order valence-corrected chi connectivity index (χ4v) is 10.5. The van der Waals surface area contributed by atoms with Crippen molar-refractivity contribution in [2.75, 3.05) is 5.32 Å². The van der Waals surface area contributed by atoms with Gasteiger partial charge in [0.25, 0.3) is 5.91 Å². The molecule has 3 aromatic heterocycles. The van der Waals surface area contributed by atoms with Gasteiger partial charge in [-0.2, -0.15) is 0 Å². The van der Waals surface area contributed by atoms with Gasteiger partial charge in [0, 0.05) is 34.8 Å². The molecule has 56 heavy (non-hydrogen) atoms. The Morgan fingerprint density at radius 1 is 0.893 bits per heavy atom. The molecule has 3 aromatic carbocycles. The number of nitrogens with zero attached hydrogens (tertiary/aromatic N) is 2. The van der Waals surface area contributed by atoms with Crippen LogP contribution < -0.4 is 10.6 Å². The molecule has 0 atom stereocenters. The first-order valence-electron chi connectivity index (χ1n) is 19.8. The van der Waals surface area contributed by atoms with Crippen LogP contribution in [0.3, 0.4) is 0 Å². The molecule has 2 saturated carbocycles. The lowest BCUT2D eigenvalue weighted by molar-refractivity contribution is -0.131. The summed E-state index contributed by atoms with van der Waals surface area (Å²) in [5.74, 6) is -1.38. The Labute approximate surface area is 328 Å². The fourth-order valence-electron chi connectivity index (χ4n) is 9.30. The molecule has 9 rings (SSSR count). The highest BCUT2D eigenvalue weighted by Crippen LogP contribution is 2.49. The van der Waals surface area contributed by atoms with Gasteiger partial charge >= 0.3 is 5.97 Å². The first-order chi connectivity index (χ1) is 27.3. The summed E-state index contributed by atoms with van der Waals surface area (Å²) >= 11 is 1.55. The summed E-state index contributed by atoms with van der Waals surface area (Å²) in [4.78, 5) is 44.6. The van der Waals surface area contributed by atoms with Crippen LogP contribution in [0.25, 0.3) is 49.7 Å². The zero-order valence-electron chi connectivity index (χ0n) is 31.1. The Morgan fingerprint density at radius 3 is 2.45 bits per heavy atom. The number of carboxylic acids is 1. The number of aliphatic carboxylic acids is 1. The highest BCUT2D eigenvalue weighted by Gasteiger charge is 2.43. The average molecular weight is 767 g/mol. The number of carboxylic acid groups (broad SMARTS) is 1. The third-order valence-electron chi connectivity index (χ3n) is 12.0. The van der Waals surface area contributed by atoms with Crippen LogP contribution in [0, 0.1) is 5.82 Å². The Kier molecular flexibility index (Phi) is 9.53. The lowest BCUT2D eigenvalue weighted by atomic mass is 9.82. The monoisotopic (exact) mass is 766 g/mol. The van der Waals surface area contributed by atoms with Crippen LogP contribution in [-0.2, 0) is 22.6 Å². The largest absolute Gasteiger partial charge is 0.478 e. The van der Waals surface area contributed by atoms with Crippen LogP contribution in [-0.4, -0.2) is 38.0 Å². The first-order valence-corrected chi connectivity index (χ1v) is 20.6. The van der Waals surface area contributed by atoms with Gasteiger partial charge in [-0.3, -0.25) is 9.59 Å². The average Bonchev–Trinajstić information content (AvgIpc) is 3.90. The van der Waals surface area contributed by atoms with Crippen molar-refractivity contribution in [2.45, 2.75) is 88.6 Å². The van der Waals surface area contributed by atoms with Crippen molar-refractivity contribution in [1.29, 1.82) is 0 Å². The Balaban J connectivity index is 1.06. The molecule has 2 amide bonds. The van der Waals surface area contributed by atoms with E-state index in [1.165, 1.54) is 58.5 Å². The van der Waals surface area contributed by atoms with Crippen molar-refractivity contribution in [3.05, 3.63) is 112 Å². The number of nitrogens with one attached hydrogen (secondary N) is 2. The van der Waals surface area contributed by atoms with Crippen LogP contribution in [0.1, 0.15) is 96.5 Å². The predicted molar refractivity (Wildman–Crippen MR) is 220 cm³/mol. The van der Waals surface area contributed by atoms with E-state index in [1.807, 2.05) is 18.2 Å². The zero-order valence-corrected chi connectivity index (χ0v) is 31.9. The van der Waals surface area contributed by atoms with Gasteiger partial charge < -0.3 is 20.3 Å². The van der Waals surface area contributed by atoms with Gasteiger partial charge in [0.2, 0.25) is 5.91 Å². The summed E-state index contributed by atoms with van der Waals surface area (Å²) in [6.07, 6.45) is 13.0. The zero-order chi connectivity index (χ0) is 38.4. The second kappa shape index (κ2) is 14.8. The molecular weight excluding hydrogens is 724 g/mol. The second-order valence-electron chi connectivity index (χ2n) is 15.5. The van der Waals surface area contributed by atoms with Crippen LogP contribution in [0.15, 0.2) is 84.9 Å². The number of benzene rings is 3. The second-order valence-corrected chi connectivity index (χ2v) is 16.6. The van der Waals surface area contributed by atoms with E-state index in [1.54, 1.807) is 47.7 Å². The van der Waals surface area contributed by atoms with E-state index in [0.717, 1.165) is 67.6 Å². The number of anilines is 1. The van der Waals surface area contributed by atoms with E-state index in [0.29, 0.717) is 46.1 Å². The molecule has 0 radical (unpaired) electrons. The highest BCUT2D eigenvalue weighted by atomic mass is 32.1. The molecule has 0 saturated heterocycles. The van der Waals surface area contributed by atoms with Crippen LogP contribution in [0.5, 0.6) is 0 Å². The number of fused-ring (bicyclic) bond motifs is 7. The summed E-state index contributed by atoms with van der Waals surface area (Å²) < 4.78 is 18.3. The minimum absolute atomic E-state index is 0.224. The molecule has 0 spiro atoms. The van der Waals surface area contributed by atoms with Gasteiger partial charge in [-0.15, -0.1) is 11.3 Å². The van der Waals surface area contributed by atoms with Crippen molar-refractivity contribution in [3.8, 4) is 22.5 Å². The predicted octanol–water partition coefficient (Wildman–Crippen LogP) is 10.5. The number of carbonyl (C=O) groups excluding carboxylic acids is 2. The smallest absolute Gasteiger partial charge is 0.328 e. The molecule has 0 bridgehead atoms. The van der Waals surface area contributed by atoms with Crippen molar-refractivity contribution < 1.29 is 23.9 Å².